The van der Waals surface area contributed by atoms with E-state index in [0.717, 1.165) is 28.8 Å². The molecule has 3 aromatic rings. The highest BCUT2D eigenvalue weighted by molar-refractivity contribution is 5.82. The highest BCUT2D eigenvalue weighted by Gasteiger charge is 2.11. The molecule has 0 spiro atoms. The van der Waals surface area contributed by atoms with Crippen LogP contribution in [0.15, 0.2) is 52.9 Å². The number of rotatable bonds is 4. The molecule has 3 rings (SSSR count). The summed E-state index contributed by atoms with van der Waals surface area (Å²) in [6, 6.07) is 17.8. The predicted molar refractivity (Wildman–Crippen MR) is 84.1 cm³/mol. The lowest BCUT2D eigenvalue weighted by Crippen LogP contribution is -2.01. The quantitative estimate of drug-likeness (QED) is 0.764. The molecule has 1 aromatic heterocycles. The zero-order valence-corrected chi connectivity index (χ0v) is 11.9. The van der Waals surface area contributed by atoms with Crippen molar-refractivity contribution in [1.29, 1.82) is 5.26 Å². The number of fused-ring (bicyclic) bond motifs is 1. The van der Waals surface area contributed by atoms with Crippen LogP contribution < -0.4 is 5.32 Å². The molecule has 1 heterocycles. The Morgan fingerprint density at radius 1 is 1.14 bits per heavy atom. The van der Waals surface area contributed by atoms with Crippen molar-refractivity contribution in [3.8, 4) is 6.07 Å². The van der Waals surface area contributed by atoms with Gasteiger partial charge in [-0.1, -0.05) is 31.2 Å². The number of hydrogen-bond acceptors (Lipinski definition) is 3. The van der Waals surface area contributed by atoms with E-state index < -0.39 is 0 Å². The highest BCUT2D eigenvalue weighted by atomic mass is 16.3. The van der Waals surface area contributed by atoms with E-state index in [1.807, 2.05) is 36.4 Å². The van der Waals surface area contributed by atoms with Crippen molar-refractivity contribution >= 4 is 16.7 Å². The Kier molecular flexibility index (Phi) is 3.61. The van der Waals surface area contributed by atoms with Crippen LogP contribution in [-0.4, -0.2) is 0 Å². The number of aryl methyl sites for hydroxylation is 1. The normalized spacial score (nSPS) is 10.5. The van der Waals surface area contributed by atoms with Crippen LogP contribution in [0.25, 0.3) is 11.0 Å². The van der Waals surface area contributed by atoms with Crippen LogP contribution in [0.3, 0.4) is 0 Å². The van der Waals surface area contributed by atoms with Gasteiger partial charge in [0.25, 0.3) is 0 Å². The zero-order chi connectivity index (χ0) is 14.7. The van der Waals surface area contributed by atoms with Gasteiger partial charge in [-0.25, -0.2) is 0 Å². The van der Waals surface area contributed by atoms with Crippen LogP contribution in [0.2, 0.25) is 0 Å². The largest absolute Gasteiger partial charge is 0.461 e. The molecule has 0 aliphatic carbocycles. The molecule has 104 valence electrons. The van der Waals surface area contributed by atoms with Crippen molar-refractivity contribution in [1.82, 2.24) is 0 Å². The van der Waals surface area contributed by atoms with E-state index in [1.165, 1.54) is 5.56 Å². The van der Waals surface area contributed by atoms with Gasteiger partial charge in [-0.3, -0.25) is 0 Å². The monoisotopic (exact) mass is 276 g/mol. The van der Waals surface area contributed by atoms with Crippen molar-refractivity contribution in [2.45, 2.75) is 19.9 Å². The first-order valence-electron chi connectivity index (χ1n) is 7.05. The molecule has 0 saturated heterocycles. The summed E-state index contributed by atoms with van der Waals surface area (Å²) in [4.78, 5) is 0. The van der Waals surface area contributed by atoms with Gasteiger partial charge in [-0.15, -0.1) is 0 Å². The topological polar surface area (TPSA) is 49.0 Å². The molecule has 0 aliphatic rings. The van der Waals surface area contributed by atoms with E-state index in [2.05, 4.69) is 24.4 Å². The minimum absolute atomic E-state index is 0.660. The zero-order valence-electron chi connectivity index (χ0n) is 11.9. The summed E-state index contributed by atoms with van der Waals surface area (Å²) in [5, 5.41) is 13.5. The van der Waals surface area contributed by atoms with Gasteiger partial charge in [0, 0.05) is 29.6 Å². The smallest absolute Gasteiger partial charge is 0.134 e. The third-order valence-electron chi connectivity index (χ3n) is 3.56. The lowest BCUT2D eigenvalue weighted by Gasteiger charge is -2.07. The van der Waals surface area contributed by atoms with Crippen LogP contribution in [0.1, 0.15) is 23.8 Å². The molecule has 21 heavy (non-hydrogen) atoms. The molecule has 0 saturated carbocycles. The van der Waals surface area contributed by atoms with E-state index >= 15 is 0 Å². The summed E-state index contributed by atoms with van der Waals surface area (Å²) >= 11 is 0. The number of nitriles is 1. The van der Waals surface area contributed by atoms with Gasteiger partial charge in [0.1, 0.15) is 11.3 Å². The number of anilines is 1. The Morgan fingerprint density at radius 2 is 2.00 bits per heavy atom. The minimum Gasteiger partial charge on any atom is -0.461 e. The molecule has 1 N–H and O–H groups in total. The molecular formula is C18H16N2O. The standard InChI is InChI=1S/C18H16N2O/c1-2-17-16(15-8-3-4-9-18(15)21-17)12-20-14-7-5-6-13(10-14)11-19/h3-10,20H,2,12H2,1H3. The van der Waals surface area contributed by atoms with Gasteiger partial charge in [0.05, 0.1) is 11.6 Å². The third-order valence-corrected chi connectivity index (χ3v) is 3.56. The molecule has 0 atom stereocenters. The summed E-state index contributed by atoms with van der Waals surface area (Å²) in [6.07, 6.45) is 0.865. The summed E-state index contributed by atoms with van der Waals surface area (Å²) in [7, 11) is 0. The average Bonchev–Trinajstić information content (AvgIpc) is 2.91. The summed E-state index contributed by atoms with van der Waals surface area (Å²) < 4.78 is 5.89. The van der Waals surface area contributed by atoms with Crippen LogP contribution >= 0.6 is 0 Å². The number of furan rings is 1. The van der Waals surface area contributed by atoms with Gasteiger partial charge >= 0.3 is 0 Å². The number of nitrogens with one attached hydrogen (secondary N) is 1. The summed E-state index contributed by atoms with van der Waals surface area (Å²) in [5.74, 6) is 1.01. The SMILES string of the molecule is CCc1oc2ccccc2c1CNc1cccc(C#N)c1. The fourth-order valence-corrected chi connectivity index (χ4v) is 2.52. The Labute approximate surface area is 123 Å². The first-order valence-corrected chi connectivity index (χ1v) is 7.05. The van der Waals surface area contributed by atoms with Crippen molar-refractivity contribution in [2.75, 3.05) is 5.32 Å². The number of para-hydroxylation sites is 1. The minimum atomic E-state index is 0.660. The van der Waals surface area contributed by atoms with Crippen LogP contribution in [0.4, 0.5) is 5.69 Å². The Balaban J connectivity index is 1.89. The number of nitrogens with zero attached hydrogens (tertiary/aromatic N) is 1. The van der Waals surface area contributed by atoms with E-state index in [9.17, 15) is 0 Å². The fourth-order valence-electron chi connectivity index (χ4n) is 2.52. The number of hydrogen-bond donors (Lipinski definition) is 1. The van der Waals surface area contributed by atoms with E-state index in [4.69, 9.17) is 9.68 Å². The first kappa shape index (κ1) is 13.3. The molecule has 3 heteroatoms. The summed E-state index contributed by atoms with van der Waals surface area (Å²) in [6.45, 7) is 2.78. The van der Waals surface area contributed by atoms with E-state index in [0.29, 0.717) is 12.1 Å². The second-order valence-electron chi connectivity index (χ2n) is 4.90. The Bertz CT molecular complexity index is 811. The lowest BCUT2D eigenvalue weighted by atomic mass is 10.1. The first-order chi connectivity index (χ1) is 10.3. The number of benzene rings is 2. The summed E-state index contributed by atoms with van der Waals surface area (Å²) in [5.41, 5.74) is 3.72. The second-order valence-corrected chi connectivity index (χ2v) is 4.90. The van der Waals surface area contributed by atoms with Crippen LogP contribution in [0, 0.1) is 11.3 Å². The maximum Gasteiger partial charge on any atom is 0.134 e. The van der Waals surface area contributed by atoms with E-state index in [1.54, 1.807) is 6.07 Å². The molecule has 2 aromatic carbocycles. The van der Waals surface area contributed by atoms with Crippen molar-refractivity contribution < 1.29 is 4.42 Å². The van der Waals surface area contributed by atoms with Crippen LogP contribution in [-0.2, 0) is 13.0 Å². The molecule has 0 fully saturated rings. The maximum atomic E-state index is 8.94. The molecule has 0 aliphatic heterocycles. The molecule has 0 radical (unpaired) electrons. The van der Waals surface area contributed by atoms with Crippen molar-refractivity contribution in [2.24, 2.45) is 0 Å². The molecular weight excluding hydrogens is 260 g/mol. The molecule has 0 amide bonds. The maximum absolute atomic E-state index is 8.94. The van der Waals surface area contributed by atoms with E-state index in [-0.39, 0.29) is 0 Å². The predicted octanol–water partition coefficient (Wildman–Crippen LogP) is 4.48. The second kappa shape index (κ2) is 5.72. The van der Waals surface area contributed by atoms with Gasteiger partial charge in [-0.2, -0.15) is 5.26 Å². The van der Waals surface area contributed by atoms with Gasteiger partial charge in [0.2, 0.25) is 0 Å². The lowest BCUT2D eigenvalue weighted by molar-refractivity contribution is 0.551. The Morgan fingerprint density at radius 3 is 2.81 bits per heavy atom. The third kappa shape index (κ3) is 2.61. The van der Waals surface area contributed by atoms with Gasteiger partial charge < -0.3 is 9.73 Å². The van der Waals surface area contributed by atoms with Crippen molar-refractivity contribution in [3.63, 3.8) is 0 Å². The van der Waals surface area contributed by atoms with Gasteiger partial charge in [0.15, 0.2) is 0 Å². The van der Waals surface area contributed by atoms with Crippen LogP contribution in [0.5, 0.6) is 0 Å². The molecule has 0 bridgehead atoms. The average molecular weight is 276 g/mol. The molecule has 3 nitrogen and oxygen atoms in total. The van der Waals surface area contributed by atoms with Gasteiger partial charge in [-0.05, 0) is 24.3 Å². The fraction of sp³-hybridized carbons (Fsp3) is 0.167. The van der Waals surface area contributed by atoms with Crippen molar-refractivity contribution in [3.05, 3.63) is 65.4 Å². The highest BCUT2D eigenvalue weighted by Crippen LogP contribution is 2.27. The molecule has 0 unspecified atom stereocenters. The Hall–Kier alpha value is -2.73.